The summed E-state index contributed by atoms with van der Waals surface area (Å²) in [5.41, 5.74) is 1.54. The maximum Gasteiger partial charge on any atom is 0.261 e. The summed E-state index contributed by atoms with van der Waals surface area (Å²) in [5.74, 6) is 0.149. The van der Waals surface area contributed by atoms with Gasteiger partial charge >= 0.3 is 0 Å². The highest BCUT2D eigenvalue weighted by Gasteiger charge is 2.22. The van der Waals surface area contributed by atoms with E-state index in [0.29, 0.717) is 29.2 Å². The van der Waals surface area contributed by atoms with E-state index in [-0.39, 0.29) is 16.9 Å². The Bertz CT molecular complexity index is 926. The summed E-state index contributed by atoms with van der Waals surface area (Å²) in [7, 11) is 0. The molecule has 0 saturated carbocycles. The second-order valence-corrected chi connectivity index (χ2v) is 7.91. The predicted octanol–water partition coefficient (Wildman–Crippen LogP) is 4.62. The van der Waals surface area contributed by atoms with Crippen LogP contribution in [0.5, 0.6) is 5.75 Å². The van der Waals surface area contributed by atoms with Gasteiger partial charge in [0.05, 0.1) is 23.4 Å². The van der Waals surface area contributed by atoms with Crippen molar-refractivity contribution in [2.24, 2.45) is 0 Å². The van der Waals surface area contributed by atoms with Gasteiger partial charge < -0.3 is 15.0 Å². The number of hydrogen-bond donors (Lipinski definition) is 2. The monoisotopic (exact) mass is 439 g/mol. The molecule has 164 valence electrons. The number of ether oxygens (including phenoxy) is 1. The van der Waals surface area contributed by atoms with Crippen LogP contribution in [0.1, 0.15) is 59.7 Å². The van der Waals surface area contributed by atoms with Gasteiger partial charge in [0.1, 0.15) is 5.75 Å². The Morgan fingerprint density at radius 1 is 1.00 bits per heavy atom. The molecule has 1 aliphatic heterocycles. The molecule has 2 amide bonds. The molecule has 0 aromatic heterocycles. The summed E-state index contributed by atoms with van der Waals surface area (Å²) in [6.07, 6.45) is 5.17. The number of likely N-dealkylation sites (tertiary alicyclic amines) is 1. The standard InChI is InChI=1S/C24H29N3O3S/c1-2-3-10-17-30-21-14-7-5-12-19(21)22(28)26-24(31)25-20-13-6-4-11-18(20)23(29)27-15-8-9-16-27/h4-7,11-14H,2-3,8-10,15-17H2,1H3,(H2,25,26,28,31). The van der Waals surface area contributed by atoms with E-state index < -0.39 is 0 Å². The number of carbonyl (C=O) groups excluding carboxylic acids is 2. The van der Waals surface area contributed by atoms with E-state index in [9.17, 15) is 9.59 Å². The third-order valence-electron chi connectivity index (χ3n) is 5.16. The van der Waals surface area contributed by atoms with Gasteiger partial charge in [-0.25, -0.2) is 0 Å². The fourth-order valence-electron chi connectivity index (χ4n) is 3.51. The fraction of sp³-hybridized carbons (Fsp3) is 0.375. The maximum atomic E-state index is 12.8. The third-order valence-corrected chi connectivity index (χ3v) is 5.37. The number of hydrogen-bond acceptors (Lipinski definition) is 4. The first-order valence-electron chi connectivity index (χ1n) is 10.8. The van der Waals surface area contributed by atoms with Crippen molar-refractivity contribution >= 4 is 34.8 Å². The van der Waals surface area contributed by atoms with E-state index >= 15 is 0 Å². The number of para-hydroxylation sites is 2. The molecule has 2 aromatic carbocycles. The minimum absolute atomic E-state index is 0.0273. The molecule has 2 N–H and O–H groups in total. The quantitative estimate of drug-likeness (QED) is 0.464. The highest BCUT2D eigenvalue weighted by molar-refractivity contribution is 7.80. The van der Waals surface area contributed by atoms with Crippen LogP contribution in [0.15, 0.2) is 48.5 Å². The van der Waals surface area contributed by atoms with E-state index in [4.69, 9.17) is 17.0 Å². The Morgan fingerprint density at radius 3 is 2.42 bits per heavy atom. The summed E-state index contributed by atoms with van der Waals surface area (Å²) in [6, 6.07) is 14.3. The van der Waals surface area contributed by atoms with Crippen molar-refractivity contribution in [3.05, 3.63) is 59.7 Å². The van der Waals surface area contributed by atoms with Crippen LogP contribution in [-0.2, 0) is 0 Å². The van der Waals surface area contributed by atoms with Crippen LogP contribution in [0.3, 0.4) is 0 Å². The zero-order valence-corrected chi connectivity index (χ0v) is 18.7. The van der Waals surface area contributed by atoms with Gasteiger partial charge in [-0.1, -0.05) is 44.0 Å². The lowest BCUT2D eigenvalue weighted by Gasteiger charge is -2.19. The van der Waals surface area contributed by atoms with Gasteiger partial charge in [0.25, 0.3) is 11.8 Å². The average molecular weight is 440 g/mol. The molecule has 1 fully saturated rings. The molecule has 31 heavy (non-hydrogen) atoms. The van der Waals surface area contributed by atoms with E-state index in [2.05, 4.69) is 17.6 Å². The lowest BCUT2D eigenvalue weighted by atomic mass is 10.1. The van der Waals surface area contributed by atoms with Crippen LogP contribution >= 0.6 is 12.2 Å². The SMILES string of the molecule is CCCCCOc1ccccc1C(=O)NC(=S)Nc1ccccc1C(=O)N1CCCC1. The lowest BCUT2D eigenvalue weighted by molar-refractivity contribution is 0.0793. The molecule has 3 rings (SSSR count). The minimum atomic E-state index is -0.355. The van der Waals surface area contributed by atoms with Crippen molar-refractivity contribution in [3.8, 4) is 5.75 Å². The number of benzene rings is 2. The topological polar surface area (TPSA) is 70.7 Å². The molecule has 2 aromatic rings. The van der Waals surface area contributed by atoms with Crippen LogP contribution in [0, 0.1) is 0 Å². The van der Waals surface area contributed by atoms with Crippen molar-refractivity contribution in [2.75, 3.05) is 25.0 Å². The Balaban J connectivity index is 1.64. The van der Waals surface area contributed by atoms with Crippen molar-refractivity contribution in [3.63, 3.8) is 0 Å². The number of nitrogens with zero attached hydrogens (tertiary/aromatic N) is 1. The zero-order chi connectivity index (χ0) is 22.1. The number of carbonyl (C=O) groups is 2. The van der Waals surface area contributed by atoms with Crippen LogP contribution in [0.4, 0.5) is 5.69 Å². The third kappa shape index (κ3) is 6.28. The second-order valence-electron chi connectivity index (χ2n) is 7.50. The molecule has 1 heterocycles. The largest absolute Gasteiger partial charge is 0.493 e. The number of rotatable bonds is 8. The van der Waals surface area contributed by atoms with Crippen LogP contribution in [0.25, 0.3) is 0 Å². The molecule has 0 radical (unpaired) electrons. The highest BCUT2D eigenvalue weighted by Crippen LogP contribution is 2.21. The van der Waals surface area contributed by atoms with Gasteiger partial charge in [-0.05, 0) is 55.7 Å². The number of unbranched alkanes of at least 4 members (excludes halogenated alkanes) is 2. The molecular formula is C24H29N3O3S. The number of amides is 2. The Hall–Kier alpha value is -2.93. The first-order valence-corrected chi connectivity index (χ1v) is 11.2. The summed E-state index contributed by atoms with van der Waals surface area (Å²) in [5, 5.41) is 5.84. The molecule has 0 spiro atoms. The fourth-order valence-corrected chi connectivity index (χ4v) is 3.71. The predicted molar refractivity (Wildman–Crippen MR) is 127 cm³/mol. The average Bonchev–Trinajstić information content (AvgIpc) is 3.32. The van der Waals surface area contributed by atoms with Gasteiger partial charge in [0.2, 0.25) is 0 Å². The van der Waals surface area contributed by atoms with Gasteiger partial charge in [0, 0.05) is 13.1 Å². The molecule has 1 saturated heterocycles. The number of anilines is 1. The first-order chi connectivity index (χ1) is 15.1. The van der Waals surface area contributed by atoms with E-state index in [1.165, 1.54) is 0 Å². The first kappa shape index (κ1) is 22.7. The van der Waals surface area contributed by atoms with Crippen molar-refractivity contribution in [1.29, 1.82) is 0 Å². The molecule has 0 bridgehead atoms. The smallest absolute Gasteiger partial charge is 0.261 e. The van der Waals surface area contributed by atoms with Gasteiger partial charge in [0.15, 0.2) is 5.11 Å². The normalized spacial score (nSPS) is 13.0. The lowest BCUT2D eigenvalue weighted by Crippen LogP contribution is -2.35. The molecule has 6 nitrogen and oxygen atoms in total. The molecule has 0 aliphatic carbocycles. The van der Waals surface area contributed by atoms with E-state index in [1.807, 2.05) is 23.1 Å². The van der Waals surface area contributed by atoms with Crippen LogP contribution < -0.4 is 15.4 Å². The van der Waals surface area contributed by atoms with Crippen molar-refractivity contribution in [2.45, 2.75) is 39.0 Å². The van der Waals surface area contributed by atoms with Crippen LogP contribution in [-0.4, -0.2) is 41.5 Å². The summed E-state index contributed by atoms with van der Waals surface area (Å²) in [4.78, 5) is 27.5. The summed E-state index contributed by atoms with van der Waals surface area (Å²) in [6.45, 7) is 4.23. The van der Waals surface area contributed by atoms with E-state index in [1.54, 1.807) is 30.3 Å². The molecule has 0 unspecified atom stereocenters. The van der Waals surface area contributed by atoms with Crippen molar-refractivity contribution < 1.29 is 14.3 Å². The van der Waals surface area contributed by atoms with Crippen LogP contribution in [0.2, 0.25) is 0 Å². The summed E-state index contributed by atoms with van der Waals surface area (Å²) >= 11 is 5.35. The van der Waals surface area contributed by atoms with Gasteiger partial charge in [-0.2, -0.15) is 0 Å². The molecule has 1 aliphatic rings. The molecule has 0 atom stereocenters. The van der Waals surface area contributed by atoms with Crippen molar-refractivity contribution in [1.82, 2.24) is 10.2 Å². The number of nitrogens with one attached hydrogen (secondary N) is 2. The maximum absolute atomic E-state index is 12.8. The Labute approximate surface area is 189 Å². The highest BCUT2D eigenvalue weighted by atomic mass is 32.1. The Kier molecular flexibility index (Phi) is 8.41. The zero-order valence-electron chi connectivity index (χ0n) is 17.9. The molecule has 7 heteroatoms. The second kappa shape index (κ2) is 11.5. The minimum Gasteiger partial charge on any atom is -0.493 e. The Morgan fingerprint density at radius 2 is 1.68 bits per heavy atom. The number of thiocarbonyl (C=S) groups is 1. The molecular weight excluding hydrogens is 410 g/mol. The summed E-state index contributed by atoms with van der Waals surface area (Å²) < 4.78 is 5.79. The van der Waals surface area contributed by atoms with Gasteiger partial charge in [-0.15, -0.1) is 0 Å². The van der Waals surface area contributed by atoms with E-state index in [0.717, 1.165) is 45.2 Å². The van der Waals surface area contributed by atoms with Gasteiger partial charge in [-0.3, -0.25) is 14.9 Å².